The van der Waals surface area contributed by atoms with Gasteiger partial charge in [0.2, 0.25) is 0 Å². The van der Waals surface area contributed by atoms with Crippen LogP contribution in [0.15, 0.2) is 10.5 Å². The number of carbonyl (C=O) groups is 2. The van der Waals surface area contributed by atoms with E-state index in [0.29, 0.717) is 31.0 Å². The van der Waals surface area contributed by atoms with E-state index in [2.05, 4.69) is 0 Å². The van der Waals surface area contributed by atoms with E-state index in [4.69, 9.17) is 9.15 Å². The number of rotatable bonds is 2. The van der Waals surface area contributed by atoms with Gasteiger partial charge in [0.25, 0.3) is 5.91 Å². The summed E-state index contributed by atoms with van der Waals surface area (Å²) in [5, 5.41) is 0. The molecule has 0 spiro atoms. The third-order valence-electron chi connectivity index (χ3n) is 4.79. The van der Waals surface area contributed by atoms with Gasteiger partial charge in [0, 0.05) is 19.1 Å². The molecule has 3 rings (SSSR count). The van der Waals surface area contributed by atoms with Gasteiger partial charge >= 0.3 is 6.09 Å². The fourth-order valence-electron chi connectivity index (χ4n) is 3.61. The van der Waals surface area contributed by atoms with E-state index in [1.807, 2.05) is 37.5 Å². The van der Waals surface area contributed by atoms with Crippen LogP contribution in [-0.2, 0) is 4.74 Å². The SMILES string of the molecule is Cc1cc(C(=O)N2CCC(N3C(=O)OCC3(C)C)CC2)c(C)o1. The maximum Gasteiger partial charge on any atom is 0.410 e. The first-order valence-electron chi connectivity index (χ1n) is 8.12. The monoisotopic (exact) mass is 320 g/mol. The second kappa shape index (κ2) is 5.58. The summed E-state index contributed by atoms with van der Waals surface area (Å²) in [7, 11) is 0. The van der Waals surface area contributed by atoms with Gasteiger partial charge in [-0.2, -0.15) is 0 Å². The zero-order valence-electron chi connectivity index (χ0n) is 14.2. The van der Waals surface area contributed by atoms with Gasteiger partial charge in [-0.25, -0.2) is 4.79 Å². The Morgan fingerprint density at radius 3 is 2.39 bits per heavy atom. The first-order valence-corrected chi connectivity index (χ1v) is 8.12. The minimum Gasteiger partial charge on any atom is -0.466 e. The van der Waals surface area contributed by atoms with Crippen LogP contribution in [0, 0.1) is 13.8 Å². The standard InChI is InChI=1S/C17H24N2O4/c1-11-9-14(12(2)23-11)15(20)18-7-5-13(6-8-18)19-16(21)22-10-17(19,3)4/h9,13H,5-8,10H2,1-4H3. The molecular weight excluding hydrogens is 296 g/mol. The van der Waals surface area contributed by atoms with Crippen LogP contribution in [0.4, 0.5) is 4.79 Å². The zero-order chi connectivity index (χ0) is 16.8. The molecule has 0 aliphatic carbocycles. The molecule has 6 heteroatoms. The van der Waals surface area contributed by atoms with Crippen molar-refractivity contribution in [3.05, 3.63) is 23.2 Å². The van der Waals surface area contributed by atoms with Crippen molar-refractivity contribution >= 4 is 12.0 Å². The Morgan fingerprint density at radius 2 is 1.91 bits per heavy atom. The lowest BCUT2D eigenvalue weighted by atomic mass is 9.96. The molecule has 1 aromatic heterocycles. The number of cyclic esters (lactones) is 1. The molecule has 2 fully saturated rings. The molecule has 0 saturated carbocycles. The third kappa shape index (κ3) is 2.82. The van der Waals surface area contributed by atoms with Gasteiger partial charge < -0.3 is 14.1 Å². The Hall–Kier alpha value is -1.98. The smallest absolute Gasteiger partial charge is 0.410 e. The second-order valence-electron chi connectivity index (χ2n) is 7.09. The summed E-state index contributed by atoms with van der Waals surface area (Å²) < 4.78 is 10.6. The van der Waals surface area contributed by atoms with Gasteiger partial charge in [0.15, 0.2) is 0 Å². The molecule has 2 aliphatic rings. The van der Waals surface area contributed by atoms with E-state index in [1.54, 1.807) is 6.07 Å². The molecule has 6 nitrogen and oxygen atoms in total. The molecule has 0 N–H and O–H groups in total. The fraction of sp³-hybridized carbons (Fsp3) is 0.647. The molecule has 0 aromatic carbocycles. The van der Waals surface area contributed by atoms with Crippen molar-refractivity contribution in [1.29, 1.82) is 0 Å². The van der Waals surface area contributed by atoms with Crippen molar-refractivity contribution in [2.24, 2.45) is 0 Å². The first-order chi connectivity index (χ1) is 10.8. The number of nitrogens with zero attached hydrogens (tertiary/aromatic N) is 2. The molecule has 0 radical (unpaired) electrons. The van der Waals surface area contributed by atoms with Crippen molar-refractivity contribution in [2.75, 3.05) is 19.7 Å². The molecule has 3 heterocycles. The Balaban J connectivity index is 1.66. The van der Waals surface area contributed by atoms with Crippen molar-refractivity contribution in [3.8, 4) is 0 Å². The highest BCUT2D eigenvalue weighted by Gasteiger charge is 2.45. The van der Waals surface area contributed by atoms with Crippen molar-refractivity contribution in [2.45, 2.75) is 52.1 Å². The minimum absolute atomic E-state index is 0.0149. The maximum absolute atomic E-state index is 12.6. The van der Waals surface area contributed by atoms with E-state index < -0.39 is 0 Å². The Morgan fingerprint density at radius 1 is 1.26 bits per heavy atom. The normalized spacial score (nSPS) is 21.7. The molecule has 2 aliphatic heterocycles. The predicted molar refractivity (Wildman–Crippen MR) is 84.4 cm³/mol. The van der Waals surface area contributed by atoms with Crippen LogP contribution in [0.2, 0.25) is 0 Å². The zero-order valence-corrected chi connectivity index (χ0v) is 14.2. The average molecular weight is 320 g/mol. The number of furan rings is 1. The molecule has 23 heavy (non-hydrogen) atoms. The van der Waals surface area contributed by atoms with Crippen molar-refractivity contribution in [3.63, 3.8) is 0 Å². The predicted octanol–water partition coefficient (Wildman–Crippen LogP) is 2.73. The number of carbonyl (C=O) groups excluding carboxylic acids is 2. The van der Waals surface area contributed by atoms with Crippen molar-refractivity contribution in [1.82, 2.24) is 9.80 Å². The molecule has 0 atom stereocenters. The van der Waals surface area contributed by atoms with Gasteiger partial charge in [-0.3, -0.25) is 9.69 Å². The average Bonchev–Trinajstić information content (AvgIpc) is 2.97. The van der Waals surface area contributed by atoms with Gasteiger partial charge in [-0.05, 0) is 46.6 Å². The van der Waals surface area contributed by atoms with Crippen LogP contribution in [0.1, 0.15) is 48.6 Å². The molecule has 1 aromatic rings. The number of amides is 2. The van der Waals surface area contributed by atoms with Gasteiger partial charge in [0.05, 0.1) is 11.1 Å². The topological polar surface area (TPSA) is 63.0 Å². The molecule has 2 saturated heterocycles. The molecule has 126 valence electrons. The lowest BCUT2D eigenvalue weighted by molar-refractivity contribution is 0.0588. The number of likely N-dealkylation sites (tertiary alicyclic amines) is 1. The van der Waals surface area contributed by atoms with Crippen LogP contribution in [-0.4, -0.2) is 53.1 Å². The summed E-state index contributed by atoms with van der Waals surface area (Å²) in [5.41, 5.74) is 0.369. The summed E-state index contributed by atoms with van der Waals surface area (Å²) >= 11 is 0. The van der Waals surface area contributed by atoms with Crippen LogP contribution in [0.5, 0.6) is 0 Å². The van der Waals surface area contributed by atoms with E-state index in [9.17, 15) is 9.59 Å². The van der Waals surface area contributed by atoms with Crippen molar-refractivity contribution < 1.29 is 18.7 Å². The molecule has 0 bridgehead atoms. The Kier molecular flexibility index (Phi) is 3.86. The van der Waals surface area contributed by atoms with E-state index >= 15 is 0 Å². The third-order valence-corrected chi connectivity index (χ3v) is 4.79. The Labute approximate surface area is 136 Å². The van der Waals surface area contributed by atoms with E-state index in [1.165, 1.54) is 0 Å². The van der Waals surface area contributed by atoms with Gasteiger partial charge in [-0.15, -0.1) is 0 Å². The molecule has 0 unspecified atom stereocenters. The summed E-state index contributed by atoms with van der Waals surface area (Å²) in [4.78, 5) is 28.3. The van der Waals surface area contributed by atoms with Crippen LogP contribution in [0.3, 0.4) is 0 Å². The highest BCUT2D eigenvalue weighted by Crippen LogP contribution is 2.31. The number of piperidine rings is 1. The quantitative estimate of drug-likeness (QED) is 0.840. The largest absolute Gasteiger partial charge is 0.466 e. The molecule has 2 amide bonds. The van der Waals surface area contributed by atoms with Crippen LogP contribution < -0.4 is 0 Å². The second-order valence-corrected chi connectivity index (χ2v) is 7.09. The minimum atomic E-state index is -0.272. The maximum atomic E-state index is 12.6. The van der Waals surface area contributed by atoms with E-state index in [-0.39, 0.29) is 23.6 Å². The first kappa shape index (κ1) is 15.9. The summed E-state index contributed by atoms with van der Waals surface area (Å²) in [6.07, 6.45) is 1.32. The summed E-state index contributed by atoms with van der Waals surface area (Å²) in [6, 6.07) is 1.93. The number of aryl methyl sites for hydroxylation is 2. The lowest BCUT2D eigenvalue weighted by Crippen LogP contribution is -2.53. The highest BCUT2D eigenvalue weighted by molar-refractivity contribution is 5.95. The van der Waals surface area contributed by atoms with Gasteiger partial charge in [-0.1, -0.05) is 0 Å². The van der Waals surface area contributed by atoms with Crippen LogP contribution in [0.25, 0.3) is 0 Å². The summed E-state index contributed by atoms with van der Waals surface area (Å²) in [5.74, 6) is 1.43. The van der Waals surface area contributed by atoms with Crippen LogP contribution >= 0.6 is 0 Å². The lowest BCUT2D eigenvalue weighted by Gasteiger charge is -2.40. The number of hydrogen-bond donors (Lipinski definition) is 0. The molecular formula is C17H24N2O4. The Bertz CT molecular complexity index is 627. The fourth-order valence-corrected chi connectivity index (χ4v) is 3.61. The number of hydrogen-bond acceptors (Lipinski definition) is 4. The highest BCUT2D eigenvalue weighted by atomic mass is 16.6. The summed E-state index contributed by atoms with van der Waals surface area (Å²) in [6.45, 7) is 9.42. The van der Waals surface area contributed by atoms with Gasteiger partial charge in [0.1, 0.15) is 18.1 Å². The van der Waals surface area contributed by atoms with E-state index in [0.717, 1.165) is 18.6 Å². The number of ether oxygens (including phenoxy) is 1.